The average Bonchev–Trinajstić information content (AvgIpc) is 2.50. The third-order valence-electron chi connectivity index (χ3n) is 2.82. The van der Waals surface area contributed by atoms with Gasteiger partial charge in [0.2, 0.25) is 0 Å². The van der Waals surface area contributed by atoms with E-state index in [9.17, 15) is 0 Å². The maximum Gasteiger partial charge on any atom is 0.0984 e. The van der Waals surface area contributed by atoms with Gasteiger partial charge in [0.25, 0.3) is 0 Å². The van der Waals surface area contributed by atoms with Gasteiger partial charge in [-0.2, -0.15) is 5.10 Å². The summed E-state index contributed by atoms with van der Waals surface area (Å²) in [6.45, 7) is 11.8. The van der Waals surface area contributed by atoms with Crippen LogP contribution in [0.15, 0.2) is 5.03 Å². The van der Waals surface area contributed by atoms with E-state index in [2.05, 4.69) is 45.0 Å². The summed E-state index contributed by atoms with van der Waals surface area (Å²) in [6.07, 6.45) is 2.51. The number of aromatic nitrogens is 2. The molecule has 0 aliphatic rings. The molecule has 4 heteroatoms. The number of unbranched alkanes of at least 4 members (excludes halogenated alkanes) is 1. The molecule has 0 radical (unpaired) electrons. The van der Waals surface area contributed by atoms with E-state index in [1.165, 1.54) is 29.2 Å². The predicted molar refractivity (Wildman–Crippen MR) is 80.2 cm³/mol. The molecule has 1 rings (SSSR count). The predicted octanol–water partition coefficient (Wildman–Crippen LogP) is 3.51. The summed E-state index contributed by atoms with van der Waals surface area (Å²) >= 11 is 1.93. The molecule has 0 aliphatic carbocycles. The van der Waals surface area contributed by atoms with E-state index < -0.39 is 0 Å². The zero-order valence-corrected chi connectivity index (χ0v) is 13.4. The van der Waals surface area contributed by atoms with Crippen LogP contribution in [0.1, 0.15) is 51.8 Å². The third-order valence-corrected chi connectivity index (χ3v) is 4.10. The highest BCUT2D eigenvalue weighted by Crippen LogP contribution is 2.26. The lowest BCUT2D eigenvalue weighted by Gasteiger charge is -2.20. The van der Waals surface area contributed by atoms with Crippen molar-refractivity contribution in [1.82, 2.24) is 15.1 Å². The number of nitrogens with zero attached hydrogens (tertiary/aromatic N) is 2. The molecular formula is C14H27N3S. The normalized spacial score (nSPS) is 12.1. The maximum absolute atomic E-state index is 4.55. The number of aryl methyl sites for hydroxylation is 2. The smallest absolute Gasteiger partial charge is 0.0984 e. The van der Waals surface area contributed by atoms with Crippen LogP contribution in [0.3, 0.4) is 0 Å². The lowest BCUT2D eigenvalue weighted by molar-refractivity contribution is 0.421. The van der Waals surface area contributed by atoms with Gasteiger partial charge < -0.3 is 5.32 Å². The summed E-state index contributed by atoms with van der Waals surface area (Å²) in [5.41, 5.74) is 2.65. The molecule has 0 aromatic carbocycles. The van der Waals surface area contributed by atoms with Crippen LogP contribution in [0.2, 0.25) is 0 Å². The van der Waals surface area contributed by atoms with Gasteiger partial charge in [-0.15, -0.1) is 11.8 Å². The number of hydrogen-bond donors (Lipinski definition) is 1. The Bertz CT molecular complexity index is 377. The Kier molecular flexibility index (Phi) is 5.73. The molecule has 1 N–H and O–H groups in total. The van der Waals surface area contributed by atoms with Crippen LogP contribution < -0.4 is 5.32 Å². The molecule has 104 valence electrons. The summed E-state index contributed by atoms with van der Waals surface area (Å²) < 4.78 is 2.02. The Balaban J connectivity index is 2.75. The molecule has 1 aromatic heterocycles. The van der Waals surface area contributed by atoms with Crippen molar-refractivity contribution in [2.24, 2.45) is 7.05 Å². The van der Waals surface area contributed by atoms with Gasteiger partial charge in [-0.1, -0.05) is 13.3 Å². The van der Waals surface area contributed by atoms with Crippen molar-refractivity contribution in [3.05, 3.63) is 11.3 Å². The summed E-state index contributed by atoms with van der Waals surface area (Å²) in [7, 11) is 2.04. The zero-order valence-electron chi connectivity index (χ0n) is 12.6. The summed E-state index contributed by atoms with van der Waals surface area (Å²) in [5, 5.41) is 9.42. The van der Waals surface area contributed by atoms with Gasteiger partial charge in [0, 0.05) is 24.7 Å². The third kappa shape index (κ3) is 4.65. The first-order valence-corrected chi connectivity index (χ1v) is 7.74. The van der Waals surface area contributed by atoms with Gasteiger partial charge in [0.15, 0.2) is 0 Å². The lowest BCUT2D eigenvalue weighted by atomic mass is 10.1. The molecule has 0 aliphatic heterocycles. The Morgan fingerprint density at radius 1 is 1.33 bits per heavy atom. The van der Waals surface area contributed by atoms with E-state index in [1.807, 2.05) is 23.5 Å². The molecule has 0 fully saturated rings. The second-order valence-electron chi connectivity index (χ2n) is 5.80. The highest BCUT2D eigenvalue weighted by Gasteiger charge is 2.16. The quantitative estimate of drug-likeness (QED) is 0.633. The second-order valence-corrected chi connectivity index (χ2v) is 6.88. The fourth-order valence-electron chi connectivity index (χ4n) is 1.73. The lowest BCUT2D eigenvalue weighted by Crippen LogP contribution is -2.35. The topological polar surface area (TPSA) is 29.9 Å². The summed E-state index contributed by atoms with van der Waals surface area (Å²) in [4.78, 5) is 0. The average molecular weight is 269 g/mol. The van der Waals surface area contributed by atoms with E-state index in [-0.39, 0.29) is 5.54 Å². The minimum Gasteiger partial charge on any atom is -0.308 e. The Morgan fingerprint density at radius 2 is 2.00 bits per heavy atom. The van der Waals surface area contributed by atoms with Crippen molar-refractivity contribution >= 4 is 11.8 Å². The van der Waals surface area contributed by atoms with Crippen molar-refractivity contribution in [3.63, 3.8) is 0 Å². The van der Waals surface area contributed by atoms with Crippen LogP contribution in [0.5, 0.6) is 0 Å². The highest BCUT2D eigenvalue weighted by molar-refractivity contribution is 7.99. The molecule has 0 saturated carbocycles. The van der Waals surface area contributed by atoms with E-state index in [4.69, 9.17) is 0 Å². The molecule has 18 heavy (non-hydrogen) atoms. The molecule has 0 saturated heterocycles. The van der Waals surface area contributed by atoms with E-state index in [0.29, 0.717) is 0 Å². The first kappa shape index (κ1) is 15.6. The highest BCUT2D eigenvalue weighted by atomic mass is 32.2. The Hall–Kier alpha value is -0.480. The van der Waals surface area contributed by atoms with Gasteiger partial charge in [0.05, 0.1) is 10.7 Å². The van der Waals surface area contributed by atoms with Gasteiger partial charge >= 0.3 is 0 Å². The monoisotopic (exact) mass is 269 g/mol. The Labute approximate surface area is 116 Å². The number of nitrogens with one attached hydrogen (secondary N) is 1. The van der Waals surface area contributed by atoms with Gasteiger partial charge in [0.1, 0.15) is 0 Å². The molecule has 0 atom stereocenters. The van der Waals surface area contributed by atoms with Crippen molar-refractivity contribution in [2.75, 3.05) is 5.75 Å². The molecule has 1 aromatic rings. The molecule has 0 unspecified atom stereocenters. The molecule has 1 heterocycles. The second kappa shape index (κ2) is 6.62. The molecular weight excluding hydrogens is 242 g/mol. The number of thioether (sulfide) groups is 1. The first-order valence-electron chi connectivity index (χ1n) is 6.75. The van der Waals surface area contributed by atoms with Crippen molar-refractivity contribution in [3.8, 4) is 0 Å². The van der Waals surface area contributed by atoms with Crippen LogP contribution in [0, 0.1) is 6.92 Å². The number of rotatable bonds is 6. The minimum absolute atomic E-state index is 0.146. The van der Waals surface area contributed by atoms with E-state index >= 15 is 0 Å². The molecule has 0 spiro atoms. The van der Waals surface area contributed by atoms with Crippen LogP contribution in [-0.2, 0) is 13.6 Å². The van der Waals surface area contributed by atoms with Crippen molar-refractivity contribution < 1.29 is 0 Å². The van der Waals surface area contributed by atoms with Crippen molar-refractivity contribution in [2.45, 2.75) is 64.6 Å². The van der Waals surface area contributed by atoms with Crippen LogP contribution in [0.4, 0.5) is 0 Å². The number of hydrogen-bond acceptors (Lipinski definition) is 3. The SMILES string of the molecule is CCCCSc1c(CNC(C)(C)C)c(C)nn1C. The van der Waals surface area contributed by atoms with Gasteiger partial charge in [-0.3, -0.25) is 4.68 Å². The van der Waals surface area contributed by atoms with Crippen LogP contribution in [-0.4, -0.2) is 21.1 Å². The summed E-state index contributed by atoms with van der Waals surface area (Å²) in [5.74, 6) is 1.18. The van der Waals surface area contributed by atoms with Gasteiger partial charge in [-0.25, -0.2) is 0 Å². The maximum atomic E-state index is 4.55. The van der Waals surface area contributed by atoms with Gasteiger partial charge in [-0.05, 0) is 39.9 Å². The minimum atomic E-state index is 0.146. The van der Waals surface area contributed by atoms with Crippen LogP contribution in [0.25, 0.3) is 0 Å². The first-order chi connectivity index (χ1) is 8.35. The van der Waals surface area contributed by atoms with E-state index in [1.54, 1.807) is 0 Å². The Morgan fingerprint density at radius 3 is 2.56 bits per heavy atom. The fourth-order valence-corrected chi connectivity index (χ4v) is 2.98. The van der Waals surface area contributed by atoms with Crippen molar-refractivity contribution in [1.29, 1.82) is 0 Å². The van der Waals surface area contributed by atoms with E-state index in [0.717, 1.165) is 12.2 Å². The molecule has 3 nitrogen and oxygen atoms in total. The largest absolute Gasteiger partial charge is 0.308 e. The standard InChI is InChI=1S/C14H27N3S/c1-7-8-9-18-13-12(10-15-14(3,4)5)11(2)16-17(13)6/h15H,7-10H2,1-6H3. The van der Waals surface area contributed by atoms with Crippen LogP contribution >= 0.6 is 11.8 Å². The molecule has 0 amide bonds. The summed E-state index contributed by atoms with van der Waals surface area (Å²) in [6, 6.07) is 0. The zero-order chi connectivity index (χ0) is 13.8. The molecule has 0 bridgehead atoms. The fraction of sp³-hybridized carbons (Fsp3) is 0.786.